The molecule has 0 atom stereocenters. The van der Waals surface area contributed by atoms with E-state index < -0.39 is 0 Å². The predicted octanol–water partition coefficient (Wildman–Crippen LogP) is 4.00. The quantitative estimate of drug-likeness (QED) is 0.528. The number of benzene rings is 2. The van der Waals surface area contributed by atoms with E-state index in [1.54, 1.807) is 6.20 Å². The minimum atomic E-state index is 0.495. The zero-order valence-electron chi connectivity index (χ0n) is 14.8. The van der Waals surface area contributed by atoms with Gasteiger partial charge in [0.25, 0.3) is 0 Å². The van der Waals surface area contributed by atoms with Gasteiger partial charge in [0, 0.05) is 11.9 Å². The Kier molecular flexibility index (Phi) is 5.76. The number of aromatic nitrogens is 2. The van der Waals surface area contributed by atoms with Crippen molar-refractivity contribution in [2.45, 2.75) is 20.4 Å². The highest BCUT2D eigenvalue weighted by molar-refractivity contribution is 7.80. The second-order valence-electron chi connectivity index (χ2n) is 5.92. The molecular weight excluding hydrogens is 342 g/mol. The van der Waals surface area contributed by atoms with Gasteiger partial charge in [-0.05, 0) is 43.8 Å². The van der Waals surface area contributed by atoms with Crippen LogP contribution in [0.3, 0.4) is 0 Å². The first-order valence-corrected chi connectivity index (χ1v) is 8.77. The number of hydrogen-bond donors (Lipinski definition) is 2. The second kappa shape index (κ2) is 8.40. The SMILES string of the molecule is Cc1cnc(C)c(N(Cc2ccccc2)NC(=S)Nc2ccccc2)n1. The average Bonchev–Trinajstić information content (AvgIpc) is 2.65. The van der Waals surface area contributed by atoms with Crippen LogP contribution in [0.5, 0.6) is 0 Å². The van der Waals surface area contributed by atoms with Crippen molar-refractivity contribution in [1.29, 1.82) is 0 Å². The van der Waals surface area contributed by atoms with Crippen molar-refractivity contribution >= 4 is 28.8 Å². The molecule has 0 saturated carbocycles. The van der Waals surface area contributed by atoms with Crippen molar-refractivity contribution in [1.82, 2.24) is 15.4 Å². The number of aryl methyl sites for hydroxylation is 2. The topological polar surface area (TPSA) is 53.1 Å². The lowest BCUT2D eigenvalue weighted by atomic mass is 10.2. The molecule has 3 aromatic rings. The molecule has 0 bridgehead atoms. The van der Waals surface area contributed by atoms with E-state index in [1.165, 1.54) is 0 Å². The fourth-order valence-corrected chi connectivity index (χ4v) is 2.74. The fraction of sp³-hybridized carbons (Fsp3) is 0.150. The zero-order chi connectivity index (χ0) is 18.4. The van der Waals surface area contributed by atoms with Gasteiger partial charge in [-0.15, -0.1) is 0 Å². The molecule has 3 rings (SSSR count). The summed E-state index contributed by atoms with van der Waals surface area (Å²) < 4.78 is 0. The molecule has 2 aromatic carbocycles. The summed E-state index contributed by atoms with van der Waals surface area (Å²) in [5.41, 5.74) is 7.01. The number of nitrogens with zero attached hydrogens (tertiary/aromatic N) is 3. The van der Waals surface area contributed by atoms with Crippen molar-refractivity contribution in [3.05, 3.63) is 83.8 Å². The number of rotatable bonds is 5. The molecule has 5 nitrogen and oxygen atoms in total. The summed E-state index contributed by atoms with van der Waals surface area (Å²) in [6.45, 7) is 4.47. The Morgan fingerprint density at radius 3 is 2.35 bits per heavy atom. The standard InChI is InChI=1S/C20H21N5S/c1-15-13-21-16(2)19(22-15)25(14-17-9-5-3-6-10-17)24-20(26)23-18-11-7-4-8-12-18/h3-13H,14H2,1-2H3,(H2,23,24,26). The van der Waals surface area contributed by atoms with Crippen LogP contribution in [-0.4, -0.2) is 15.1 Å². The molecule has 0 radical (unpaired) electrons. The van der Waals surface area contributed by atoms with Crippen molar-refractivity contribution in [2.24, 2.45) is 0 Å². The maximum atomic E-state index is 5.49. The lowest BCUT2D eigenvalue weighted by Gasteiger charge is -2.27. The highest BCUT2D eigenvalue weighted by Gasteiger charge is 2.14. The Bertz CT molecular complexity index is 868. The monoisotopic (exact) mass is 363 g/mol. The number of nitrogens with one attached hydrogen (secondary N) is 2. The Morgan fingerprint density at radius 2 is 1.65 bits per heavy atom. The van der Waals surface area contributed by atoms with Crippen molar-refractivity contribution < 1.29 is 0 Å². The molecule has 0 aliphatic carbocycles. The van der Waals surface area contributed by atoms with Crippen LogP contribution < -0.4 is 15.8 Å². The van der Waals surface area contributed by atoms with Crippen LogP contribution in [0.25, 0.3) is 0 Å². The van der Waals surface area contributed by atoms with E-state index in [0.29, 0.717) is 11.7 Å². The van der Waals surface area contributed by atoms with Crippen LogP contribution in [0.4, 0.5) is 11.5 Å². The largest absolute Gasteiger partial charge is 0.331 e. The summed E-state index contributed by atoms with van der Waals surface area (Å²) in [5.74, 6) is 0.756. The first-order chi connectivity index (χ1) is 12.6. The van der Waals surface area contributed by atoms with E-state index in [-0.39, 0.29) is 0 Å². The minimum absolute atomic E-state index is 0.495. The maximum absolute atomic E-state index is 5.49. The summed E-state index contributed by atoms with van der Waals surface area (Å²) in [5, 5.41) is 5.61. The van der Waals surface area contributed by atoms with Crippen LogP contribution >= 0.6 is 12.2 Å². The molecule has 132 valence electrons. The van der Waals surface area contributed by atoms with Crippen LogP contribution in [0.15, 0.2) is 66.9 Å². The van der Waals surface area contributed by atoms with Crippen molar-refractivity contribution in [3.63, 3.8) is 0 Å². The van der Waals surface area contributed by atoms with E-state index in [1.807, 2.05) is 67.4 Å². The second-order valence-corrected chi connectivity index (χ2v) is 6.33. The van der Waals surface area contributed by atoms with Gasteiger partial charge in [0.1, 0.15) is 0 Å². The minimum Gasteiger partial charge on any atom is -0.331 e. The third-order valence-corrected chi connectivity index (χ3v) is 3.95. The summed E-state index contributed by atoms with van der Waals surface area (Å²) in [7, 11) is 0. The predicted molar refractivity (Wildman–Crippen MR) is 110 cm³/mol. The number of anilines is 2. The smallest absolute Gasteiger partial charge is 0.189 e. The molecule has 0 aliphatic rings. The molecule has 1 heterocycles. The zero-order valence-corrected chi connectivity index (χ0v) is 15.6. The van der Waals surface area contributed by atoms with E-state index in [9.17, 15) is 0 Å². The molecule has 1 aromatic heterocycles. The Hall–Kier alpha value is -2.99. The lowest BCUT2D eigenvalue weighted by Crippen LogP contribution is -2.45. The molecular formula is C20H21N5S. The molecule has 0 amide bonds. The van der Waals surface area contributed by atoms with Crippen LogP contribution in [0.2, 0.25) is 0 Å². The Labute approximate surface area is 159 Å². The summed E-state index contributed by atoms with van der Waals surface area (Å²) in [6, 6.07) is 20.0. The summed E-state index contributed by atoms with van der Waals surface area (Å²) in [6.07, 6.45) is 1.76. The number of hydrazine groups is 1. The molecule has 26 heavy (non-hydrogen) atoms. The van der Waals surface area contributed by atoms with Crippen molar-refractivity contribution in [2.75, 3.05) is 10.3 Å². The first-order valence-electron chi connectivity index (χ1n) is 8.36. The van der Waals surface area contributed by atoms with Gasteiger partial charge in [0.05, 0.1) is 17.9 Å². The van der Waals surface area contributed by atoms with Crippen LogP contribution in [-0.2, 0) is 6.54 Å². The molecule has 0 unspecified atom stereocenters. The third-order valence-electron chi connectivity index (χ3n) is 3.76. The number of para-hydroxylation sites is 1. The highest BCUT2D eigenvalue weighted by Crippen LogP contribution is 2.17. The maximum Gasteiger partial charge on any atom is 0.189 e. The number of thiocarbonyl (C=S) groups is 1. The third kappa shape index (κ3) is 4.77. The van der Waals surface area contributed by atoms with E-state index in [2.05, 4.69) is 32.8 Å². The molecule has 0 aliphatic heterocycles. The van der Waals surface area contributed by atoms with Crippen LogP contribution in [0, 0.1) is 13.8 Å². The molecule has 0 fully saturated rings. The Morgan fingerprint density at radius 1 is 1.00 bits per heavy atom. The van der Waals surface area contributed by atoms with E-state index in [4.69, 9.17) is 12.2 Å². The molecule has 0 spiro atoms. The summed E-state index contributed by atoms with van der Waals surface area (Å²) in [4.78, 5) is 9.07. The van der Waals surface area contributed by atoms with Crippen molar-refractivity contribution in [3.8, 4) is 0 Å². The highest BCUT2D eigenvalue weighted by atomic mass is 32.1. The van der Waals surface area contributed by atoms with Gasteiger partial charge < -0.3 is 5.32 Å². The van der Waals surface area contributed by atoms with Gasteiger partial charge in [-0.3, -0.25) is 15.4 Å². The molecule has 6 heteroatoms. The molecule has 2 N–H and O–H groups in total. The van der Waals surface area contributed by atoms with Gasteiger partial charge >= 0.3 is 0 Å². The van der Waals surface area contributed by atoms with Gasteiger partial charge in [-0.1, -0.05) is 48.5 Å². The van der Waals surface area contributed by atoms with Gasteiger partial charge in [-0.25, -0.2) is 4.98 Å². The van der Waals surface area contributed by atoms with Gasteiger partial charge in [0.15, 0.2) is 10.9 Å². The van der Waals surface area contributed by atoms with Gasteiger partial charge in [-0.2, -0.15) is 0 Å². The Balaban J connectivity index is 1.82. The summed E-state index contributed by atoms with van der Waals surface area (Å²) >= 11 is 5.49. The normalized spacial score (nSPS) is 10.2. The average molecular weight is 363 g/mol. The van der Waals surface area contributed by atoms with Crippen LogP contribution in [0.1, 0.15) is 17.0 Å². The lowest BCUT2D eigenvalue weighted by molar-refractivity contribution is 0.741. The first kappa shape index (κ1) is 17.8. The van der Waals surface area contributed by atoms with E-state index >= 15 is 0 Å². The van der Waals surface area contributed by atoms with Gasteiger partial charge in [0.2, 0.25) is 0 Å². The fourth-order valence-electron chi connectivity index (χ4n) is 2.52. The van der Waals surface area contributed by atoms with E-state index in [0.717, 1.165) is 28.5 Å². The number of hydrogen-bond acceptors (Lipinski definition) is 4. The molecule has 0 saturated heterocycles.